The number of para-hydroxylation sites is 2. The molecule has 1 unspecified atom stereocenters. The van der Waals surface area contributed by atoms with Gasteiger partial charge in [-0.05, 0) is 42.0 Å². The lowest BCUT2D eigenvalue weighted by atomic mass is 9.97. The number of anilines is 1. The first-order valence-corrected chi connectivity index (χ1v) is 8.44. The Kier molecular flexibility index (Phi) is 4.23. The molecule has 0 bridgehead atoms. The van der Waals surface area contributed by atoms with Gasteiger partial charge in [-0.15, -0.1) is 0 Å². The van der Waals surface area contributed by atoms with Crippen molar-refractivity contribution in [2.45, 2.75) is 5.92 Å². The summed E-state index contributed by atoms with van der Waals surface area (Å²) in [6, 6.07) is 25.9. The van der Waals surface area contributed by atoms with Crippen LogP contribution in [0.2, 0.25) is 0 Å². The summed E-state index contributed by atoms with van der Waals surface area (Å²) < 4.78 is 5.76. The number of hydrogen-bond acceptors (Lipinski definition) is 3. The maximum Gasteiger partial charge on any atom is 0.242 e. The van der Waals surface area contributed by atoms with Crippen LogP contribution in [0.1, 0.15) is 11.5 Å². The Hall–Kier alpha value is -3.40. The van der Waals surface area contributed by atoms with Crippen LogP contribution in [0.4, 0.5) is 5.69 Å². The third kappa shape index (κ3) is 3.09. The average Bonchev–Trinajstić information content (AvgIpc) is 2.98. The Bertz CT molecular complexity index is 921. The molecule has 0 spiro atoms. The monoisotopic (exact) mass is 343 g/mol. The SMILES string of the molecule is O=C1CN(c2ccccc2)C(=O)C1c1ccc(Oc2ccccc2)cc1. The molecule has 0 aliphatic carbocycles. The minimum Gasteiger partial charge on any atom is -0.457 e. The van der Waals surface area contributed by atoms with Crippen molar-refractivity contribution in [1.29, 1.82) is 0 Å². The molecular formula is C22H17NO3. The van der Waals surface area contributed by atoms with Crippen LogP contribution >= 0.6 is 0 Å². The number of Topliss-reactive ketones (excluding diaryl/α,β-unsaturated/α-hetero) is 1. The molecule has 4 heteroatoms. The Balaban J connectivity index is 1.54. The zero-order valence-electron chi connectivity index (χ0n) is 14.0. The second-order valence-electron chi connectivity index (χ2n) is 6.14. The lowest BCUT2D eigenvalue weighted by Crippen LogP contribution is -2.26. The maximum absolute atomic E-state index is 12.8. The molecule has 0 N–H and O–H groups in total. The molecule has 3 aromatic carbocycles. The maximum atomic E-state index is 12.8. The molecule has 4 nitrogen and oxygen atoms in total. The average molecular weight is 343 g/mol. The van der Waals surface area contributed by atoms with Gasteiger partial charge in [-0.3, -0.25) is 9.59 Å². The van der Waals surface area contributed by atoms with E-state index in [9.17, 15) is 9.59 Å². The number of amides is 1. The molecule has 128 valence electrons. The first-order chi connectivity index (χ1) is 12.7. The van der Waals surface area contributed by atoms with Gasteiger partial charge in [0.05, 0.1) is 6.54 Å². The number of hydrogen-bond donors (Lipinski definition) is 0. The molecule has 0 radical (unpaired) electrons. The molecule has 1 atom stereocenters. The highest BCUT2D eigenvalue weighted by Gasteiger charge is 2.40. The van der Waals surface area contributed by atoms with Crippen molar-refractivity contribution in [3.05, 3.63) is 90.5 Å². The second-order valence-corrected chi connectivity index (χ2v) is 6.14. The number of ether oxygens (including phenoxy) is 1. The fourth-order valence-electron chi connectivity index (χ4n) is 3.13. The number of rotatable bonds is 4. The lowest BCUT2D eigenvalue weighted by molar-refractivity contribution is -0.123. The topological polar surface area (TPSA) is 46.6 Å². The summed E-state index contributed by atoms with van der Waals surface area (Å²) in [6.45, 7) is 0.107. The molecule has 1 aliphatic heterocycles. The largest absolute Gasteiger partial charge is 0.457 e. The van der Waals surface area contributed by atoms with Crippen molar-refractivity contribution in [3.8, 4) is 11.5 Å². The molecule has 1 fully saturated rings. The fourth-order valence-corrected chi connectivity index (χ4v) is 3.13. The highest BCUT2D eigenvalue weighted by atomic mass is 16.5. The van der Waals surface area contributed by atoms with Crippen molar-refractivity contribution < 1.29 is 14.3 Å². The Morgan fingerprint density at radius 2 is 1.31 bits per heavy atom. The van der Waals surface area contributed by atoms with E-state index in [0.717, 1.165) is 11.4 Å². The van der Waals surface area contributed by atoms with E-state index in [1.54, 1.807) is 29.2 Å². The summed E-state index contributed by atoms with van der Waals surface area (Å²) >= 11 is 0. The van der Waals surface area contributed by atoms with Crippen molar-refractivity contribution in [2.24, 2.45) is 0 Å². The highest BCUT2D eigenvalue weighted by Crippen LogP contribution is 2.31. The van der Waals surface area contributed by atoms with E-state index in [1.165, 1.54) is 0 Å². The normalized spacial score (nSPS) is 16.8. The third-order valence-corrected chi connectivity index (χ3v) is 4.41. The summed E-state index contributed by atoms with van der Waals surface area (Å²) in [7, 11) is 0. The van der Waals surface area contributed by atoms with Gasteiger partial charge >= 0.3 is 0 Å². The summed E-state index contributed by atoms with van der Waals surface area (Å²) in [6.07, 6.45) is 0. The standard InChI is InChI=1S/C22H17NO3/c24-20-15-23(17-7-3-1-4-8-17)22(25)21(20)16-11-13-19(14-12-16)26-18-9-5-2-6-10-18/h1-14,21H,15H2. The van der Waals surface area contributed by atoms with Gasteiger partial charge in [-0.2, -0.15) is 0 Å². The van der Waals surface area contributed by atoms with E-state index < -0.39 is 5.92 Å². The van der Waals surface area contributed by atoms with E-state index in [-0.39, 0.29) is 18.2 Å². The summed E-state index contributed by atoms with van der Waals surface area (Å²) in [5.74, 6) is 0.385. The van der Waals surface area contributed by atoms with Crippen molar-refractivity contribution in [3.63, 3.8) is 0 Å². The molecule has 3 aromatic rings. The van der Waals surface area contributed by atoms with E-state index in [0.29, 0.717) is 11.3 Å². The van der Waals surface area contributed by atoms with Gasteiger partial charge in [-0.1, -0.05) is 48.5 Å². The predicted octanol–water partition coefficient (Wildman–Crippen LogP) is 4.18. The van der Waals surface area contributed by atoms with E-state index in [4.69, 9.17) is 4.74 Å². The van der Waals surface area contributed by atoms with Crippen LogP contribution in [0, 0.1) is 0 Å². The number of benzene rings is 3. The minimum atomic E-state index is -0.749. The van der Waals surface area contributed by atoms with Gasteiger partial charge in [0.2, 0.25) is 5.91 Å². The van der Waals surface area contributed by atoms with Crippen LogP contribution in [-0.2, 0) is 9.59 Å². The van der Waals surface area contributed by atoms with Crippen LogP contribution in [0.15, 0.2) is 84.9 Å². The quantitative estimate of drug-likeness (QED) is 0.668. The highest BCUT2D eigenvalue weighted by molar-refractivity contribution is 6.21. The first-order valence-electron chi connectivity index (χ1n) is 8.44. The molecule has 0 saturated carbocycles. The molecule has 26 heavy (non-hydrogen) atoms. The summed E-state index contributed by atoms with van der Waals surface area (Å²) in [5.41, 5.74) is 1.44. The lowest BCUT2D eigenvalue weighted by Gasteiger charge is -2.15. The fraction of sp³-hybridized carbons (Fsp3) is 0.0909. The van der Waals surface area contributed by atoms with Crippen LogP contribution in [0.3, 0.4) is 0 Å². The number of carbonyl (C=O) groups is 2. The minimum absolute atomic E-state index is 0.0874. The van der Waals surface area contributed by atoms with Crippen molar-refractivity contribution in [2.75, 3.05) is 11.4 Å². The van der Waals surface area contributed by atoms with Gasteiger partial charge in [0.1, 0.15) is 17.4 Å². The summed E-state index contributed by atoms with van der Waals surface area (Å²) in [4.78, 5) is 26.8. The van der Waals surface area contributed by atoms with E-state index in [1.807, 2.05) is 60.7 Å². The van der Waals surface area contributed by atoms with Gasteiger partial charge < -0.3 is 9.64 Å². The number of ketones is 1. The van der Waals surface area contributed by atoms with E-state index >= 15 is 0 Å². The Morgan fingerprint density at radius 1 is 0.731 bits per heavy atom. The van der Waals surface area contributed by atoms with Crippen molar-refractivity contribution >= 4 is 17.4 Å². The van der Waals surface area contributed by atoms with Crippen LogP contribution in [-0.4, -0.2) is 18.2 Å². The molecule has 1 heterocycles. The van der Waals surface area contributed by atoms with Gasteiger partial charge in [0.15, 0.2) is 5.78 Å². The van der Waals surface area contributed by atoms with Crippen LogP contribution in [0.25, 0.3) is 0 Å². The van der Waals surface area contributed by atoms with Crippen molar-refractivity contribution in [1.82, 2.24) is 0 Å². The third-order valence-electron chi connectivity index (χ3n) is 4.41. The molecule has 1 aliphatic rings. The molecule has 1 amide bonds. The zero-order valence-corrected chi connectivity index (χ0v) is 14.0. The number of carbonyl (C=O) groups excluding carboxylic acids is 2. The predicted molar refractivity (Wildman–Crippen MR) is 99.5 cm³/mol. The molecule has 1 saturated heterocycles. The molecule has 0 aromatic heterocycles. The zero-order chi connectivity index (χ0) is 17.9. The van der Waals surface area contributed by atoms with E-state index in [2.05, 4.69) is 0 Å². The number of nitrogens with zero attached hydrogens (tertiary/aromatic N) is 1. The second kappa shape index (κ2) is 6.84. The van der Waals surface area contributed by atoms with Crippen LogP contribution < -0.4 is 9.64 Å². The molecular weight excluding hydrogens is 326 g/mol. The Labute approximate surface area is 151 Å². The van der Waals surface area contributed by atoms with Crippen LogP contribution in [0.5, 0.6) is 11.5 Å². The van der Waals surface area contributed by atoms with Gasteiger partial charge in [-0.25, -0.2) is 0 Å². The smallest absolute Gasteiger partial charge is 0.242 e. The van der Waals surface area contributed by atoms with Gasteiger partial charge in [0, 0.05) is 5.69 Å². The Morgan fingerprint density at radius 3 is 1.96 bits per heavy atom. The van der Waals surface area contributed by atoms with Gasteiger partial charge in [0.25, 0.3) is 0 Å². The first kappa shape index (κ1) is 16.1. The summed E-state index contributed by atoms with van der Waals surface area (Å²) in [5, 5.41) is 0. The molecule has 4 rings (SSSR count).